The lowest BCUT2D eigenvalue weighted by Gasteiger charge is -2.08. The number of nitrogens with zero attached hydrogens (tertiary/aromatic N) is 2. The lowest BCUT2D eigenvalue weighted by Crippen LogP contribution is -2.20. The van der Waals surface area contributed by atoms with E-state index in [1.807, 2.05) is 31.2 Å². The average molecular weight is 228 g/mol. The summed E-state index contributed by atoms with van der Waals surface area (Å²) in [5, 5.41) is 1.01. The van der Waals surface area contributed by atoms with E-state index in [-0.39, 0.29) is 5.56 Å². The minimum Gasteiger partial charge on any atom is -0.293 e. The van der Waals surface area contributed by atoms with Crippen LogP contribution >= 0.6 is 0 Å². The van der Waals surface area contributed by atoms with E-state index in [9.17, 15) is 4.79 Å². The Labute approximate surface area is 100 Å². The zero-order valence-electron chi connectivity index (χ0n) is 10.0. The molecule has 0 N–H and O–H groups in total. The van der Waals surface area contributed by atoms with E-state index in [4.69, 9.17) is 0 Å². The molecule has 0 amide bonds. The molecule has 0 spiro atoms. The first-order chi connectivity index (χ1) is 8.22. The highest BCUT2D eigenvalue weighted by molar-refractivity contribution is 5.74. The molecule has 0 aromatic carbocycles. The van der Waals surface area contributed by atoms with Gasteiger partial charge in [-0.05, 0) is 38.0 Å². The van der Waals surface area contributed by atoms with Crippen LogP contribution in [0.25, 0.3) is 11.0 Å². The minimum atomic E-state index is 0.0136. The van der Waals surface area contributed by atoms with Crippen LogP contribution < -0.4 is 5.56 Å². The highest BCUT2D eigenvalue weighted by Gasteiger charge is 2.03. The van der Waals surface area contributed by atoms with Gasteiger partial charge in [0.2, 0.25) is 0 Å². The van der Waals surface area contributed by atoms with Crippen molar-refractivity contribution in [2.45, 2.75) is 26.3 Å². The van der Waals surface area contributed by atoms with Gasteiger partial charge in [-0.1, -0.05) is 6.08 Å². The van der Waals surface area contributed by atoms with E-state index in [0.29, 0.717) is 6.54 Å². The molecule has 2 rings (SSSR count). The van der Waals surface area contributed by atoms with Gasteiger partial charge in [-0.3, -0.25) is 9.36 Å². The lowest BCUT2D eigenvalue weighted by molar-refractivity contribution is 0.644. The van der Waals surface area contributed by atoms with Crippen molar-refractivity contribution in [1.29, 1.82) is 0 Å². The van der Waals surface area contributed by atoms with Crippen molar-refractivity contribution in [1.82, 2.24) is 9.55 Å². The number of hydrogen-bond donors (Lipinski definition) is 0. The van der Waals surface area contributed by atoms with Gasteiger partial charge in [-0.25, -0.2) is 4.98 Å². The summed E-state index contributed by atoms with van der Waals surface area (Å²) in [6.07, 6.45) is 3.70. The van der Waals surface area contributed by atoms with E-state index in [0.717, 1.165) is 29.6 Å². The number of fused-ring (bicyclic) bond motifs is 1. The third-order valence-corrected chi connectivity index (χ3v) is 2.76. The van der Waals surface area contributed by atoms with Gasteiger partial charge in [0.1, 0.15) is 5.65 Å². The third-order valence-electron chi connectivity index (χ3n) is 2.76. The molecule has 0 saturated heterocycles. The highest BCUT2D eigenvalue weighted by Crippen LogP contribution is 2.10. The maximum absolute atomic E-state index is 11.8. The lowest BCUT2D eigenvalue weighted by atomic mass is 10.2. The fourth-order valence-corrected chi connectivity index (χ4v) is 1.87. The Kier molecular flexibility index (Phi) is 3.38. The fourth-order valence-electron chi connectivity index (χ4n) is 1.87. The molecule has 0 fully saturated rings. The van der Waals surface area contributed by atoms with Crippen LogP contribution in [0.4, 0.5) is 0 Å². The summed E-state index contributed by atoms with van der Waals surface area (Å²) in [6, 6.07) is 7.39. The van der Waals surface area contributed by atoms with Crippen LogP contribution in [0, 0.1) is 6.92 Å². The van der Waals surface area contributed by atoms with Gasteiger partial charge in [0.15, 0.2) is 0 Å². The second-order valence-electron chi connectivity index (χ2n) is 4.12. The van der Waals surface area contributed by atoms with Crippen LogP contribution in [-0.4, -0.2) is 9.55 Å². The third kappa shape index (κ3) is 2.44. The molecule has 2 heterocycles. The molecule has 3 heteroatoms. The van der Waals surface area contributed by atoms with E-state index in [1.54, 1.807) is 10.6 Å². The molecule has 0 aliphatic carbocycles. The van der Waals surface area contributed by atoms with E-state index < -0.39 is 0 Å². The van der Waals surface area contributed by atoms with E-state index >= 15 is 0 Å². The topological polar surface area (TPSA) is 34.9 Å². The van der Waals surface area contributed by atoms with Crippen molar-refractivity contribution < 1.29 is 0 Å². The Morgan fingerprint density at radius 1 is 1.35 bits per heavy atom. The Morgan fingerprint density at radius 3 is 2.88 bits per heavy atom. The molecule has 0 atom stereocenters. The summed E-state index contributed by atoms with van der Waals surface area (Å²) >= 11 is 0. The first kappa shape index (κ1) is 11.6. The van der Waals surface area contributed by atoms with Crippen LogP contribution in [0.5, 0.6) is 0 Å². The molecule has 2 aromatic heterocycles. The van der Waals surface area contributed by atoms with Gasteiger partial charge in [-0.15, -0.1) is 6.58 Å². The van der Waals surface area contributed by atoms with Crippen molar-refractivity contribution in [2.75, 3.05) is 0 Å². The zero-order valence-corrected chi connectivity index (χ0v) is 10.0. The first-order valence-electron chi connectivity index (χ1n) is 5.80. The van der Waals surface area contributed by atoms with Crippen molar-refractivity contribution in [2.24, 2.45) is 0 Å². The van der Waals surface area contributed by atoms with Crippen molar-refractivity contribution in [3.63, 3.8) is 0 Å². The second-order valence-corrected chi connectivity index (χ2v) is 4.12. The van der Waals surface area contributed by atoms with Crippen LogP contribution in [0.15, 0.2) is 41.7 Å². The number of pyridine rings is 2. The van der Waals surface area contributed by atoms with Gasteiger partial charge in [0, 0.05) is 23.7 Å². The smallest absolute Gasteiger partial charge is 0.252 e. The quantitative estimate of drug-likeness (QED) is 0.595. The second kappa shape index (κ2) is 4.95. The van der Waals surface area contributed by atoms with E-state index in [1.165, 1.54) is 0 Å². The predicted octanol–water partition coefficient (Wildman–Crippen LogP) is 2.67. The van der Waals surface area contributed by atoms with Crippen LogP contribution in [0.3, 0.4) is 0 Å². The van der Waals surface area contributed by atoms with Gasteiger partial charge in [0.05, 0.1) is 0 Å². The monoisotopic (exact) mass is 228 g/mol. The molecule has 17 heavy (non-hydrogen) atoms. The summed E-state index contributed by atoms with van der Waals surface area (Å²) in [7, 11) is 0. The Hall–Kier alpha value is -1.90. The number of hydrogen-bond acceptors (Lipinski definition) is 2. The number of allylic oxidation sites excluding steroid dienone is 1. The molecule has 88 valence electrons. The Bertz CT molecular complexity index is 599. The van der Waals surface area contributed by atoms with Gasteiger partial charge in [-0.2, -0.15) is 0 Å². The van der Waals surface area contributed by atoms with E-state index in [2.05, 4.69) is 11.6 Å². The van der Waals surface area contributed by atoms with Gasteiger partial charge >= 0.3 is 0 Å². The van der Waals surface area contributed by atoms with Gasteiger partial charge in [0.25, 0.3) is 5.56 Å². The van der Waals surface area contributed by atoms with Crippen molar-refractivity contribution in [3.8, 4) is 0 Å². The number of rotatable bonds is 4. The summed E-state index contributed by atoms with van der Waals surface area (Å²) in [4.78, 5) is 16.3. The van der Waals surface area contributed by atoms with Crippen LogP contribution in [0.1, 0.15) is 18.5 Å². The van der Waals surface area contributed by atoms with Crippen LogP contribution in [0.2, 0.25) is 0 Å². The molecule has 2 aromatic rings. The minimum absolute atomic E-state index is 0.0136. The molecule has 0 radical (unpaired) electrons. The zero-order chi connectivity index (χ0) is 12.3. The van der Waals surface area contributed by atoms with Crippen LogP contribution in [-0.2, 0) is 6.54 Å². The average Bonchev–Trinajstić information content (AvgIpc) is 2.32. The van der Waals surface area contributed by atoms with Crippen molar-refractivity contribution in [3.05, 3.63) is 53.0 Å². The number of unbranched alkanes of at least 4 members (excludes halogenated alkanes) is 1. The molecule has 0 aliphatic heterocycles. The molecular formula is C14H16N2O. The largest absolute Gasteiger partial charge is 0.293 e. The predicted molar refractivity (Wildman–Crippen MR) is 70.2 cm³/mol. The summed E-state index contributed by atoms with van der Waals surface area (Å²) in [5.41, 5.74) is 1.72. The standard InChI is InChI=1S/C14H16N2O/c1-3-4-5-10-16-13(17)9-8-12-7-6-11(2)15-14(12)16/h3,6-9H,1,4-5,10H2,2H3. The molecule has 3 nitrogen and oxygen atoms in total. The summed E-state index contributed by atoms with van der Waals surface area (Å²) < 4.78 is 1.74. The SMILES string of the molecule is C=CCCCn1c(=O)ccc2ccc(C)nc21. The Morgan fingerprint density at radius 2 is 2.12 bits per heavy atom. The normalized spacial score (nSPS) is 10.6. The fraction of sp³-hybridized carbons (Fsp3) is 0.286. The summed E-state index contributed by atoms with van der Waals surface area (Å²) in [5.74, 6) is 0. The first-order valence-corrected chi connectivity index (χ1v) is 5.80. The summed E-state index contributed by atoms with van der Waals surface area (Å²) in [6.45, 7) is 6.32. The number of aromatic nitrogens is 2. The molecule has 0 bridgehead atoms. The maximum atomic E-state index is 11.8. The molecule has 0 saturated carbocycles. The highest BCUT2D eigenvalue weighted by atomic mass is 16.1. The molecular weight excluding hydrogens is 212 g/mol. The maximum Gasteiger partial charge on any atom is 0.252 e. The molecule has 0 unspecified atom stereocenters. The number of aryl methyl sites for hydroxylation is 2. The molecule has 0 aliphatic rings. The van der Waals surface area contributed by atoms with Crippen molar-refractivity contribution >= 4 is 11.0 Å². The van der Waals surface area contributed by atoms with Gasteiger partial charge < -0.3 is 0 Å². The Balaban J connectivity index is 2.50.